The summed E-state index contributed by atoms with van der Waals surface area (Å²) >= 11 is 0. The second kappa shape index (κ2) is 6.60. The topological polar surface area (TPSA) is 59.7 Å². The largest absolute Gasteiger partial charge is 0.370 e. The molecule has 1 amide bonds. The van der Waals surface area contributed by atoms with E-state index < -0.39 is 0 Å². The van der Waals surface area contributed by atoms with Crippen LogP contribution < -0.4 is 0 Å². The van der Waals surface area contributed by atoms with Crippen LogP contribution in [0.5, 0.6) is 0 Å². The minimum atomic E-state index is -0.179. The number of allylic oxidation sites excluding steroid dienone is 2. The maximum Gasteiger partial charge on any atom is 0.253 e. The van der Waals surface area contributed by atoms with E-state index in [2.05, 4.69) is 13.8 Å². The van der Waals surface area contributed by atoms with Gasteiger partial charge in [0.25, 0.3) is 5.91 Å². The molecule has 0 spiro atoms. The van der Waals surface area contributed by atoms with Gasteiger partial charge in [-0.05, 0) is 46.6 Å². The van der Waals surface area contributed by atoms with Gasteiger partial charge in [-0.15, -0.1) is 0 Å². The van der Waals surface area contributed by atoms with Crippen LogP contribution in [0.2, 0.25) is 0 Å². The molecule has 1 unspecified atom stereocenters. The monoisotopic (exact) mass is 366 g/mol. The van der Waals surface area contributed by atoms with E-state index in [1.807, 2.05) is 48.4 Å². The van der Waals surface area contributed by atoms with Gasteiger partial charge in [0.1, 0.15) is 0 Å². The van der Waals surface area contributed by atoms with Gasteiger partial charge in [0.15, 0.2) is 5.65 Å². The Hall–Kier alpha value is -2.47. The number of amides is 1. The second-order valence-electron chi connectivity index (χ2n) is 7.69. The molecule has 0 saturated carbocycles. The average Bonchev–Trinajstić information content (AvgIpc) is 3.18. The van der Waals surface area contributed by atoms with Gasteiger partial charge >= 0.3 is 0 Å². The summed E-state index contributed by atoms with van der Waals surface area (Å²) in [5, 5.41) is 4.74. The van der Waals surface area contributed by atoms with Crippen LogP contribution in [0, 0.1) is 20.8 Å². The van der Waals surface area contributed by atoms with Crippen LogP contribution in [0.3, 0.4) is 0 Å². The fraction of sp³-hybridized carbons (Fsp3) is 0.476. The molecule has 0 saturated heterocycles. The molecule has 2 aromatic heterocycles. The zero-order chi connectivity index (χ0) is 19.3. The first-order valence-electron chi connectivity index (χ1n) is 9.52. The Labute approximate surface area is 159 Å². The third-order valence-corrected chi connectivity index (χ3v) is 5.49. The third-order valence-electron chi connectivity index (χ3n) is 5.49. The van der Waals surface area contributed by atoms with Crippen molar-refractivity contribution in [3.8, 4) is 0 Å². The highest BCUT2D eigenvalue weighted by Gasteiger charge is 2.33. The number of carbonyl (C=O) groups excluding carboxylic acids is 1. The number of ether oxygens (including phenoxy) is 1. The minimum Gasteiger partial charge on any atom is -0.370 e. The Balaban J connectivity index is 1.62. The first-order chi connectivity index (χ1) is 12.9. The maximum atomic E-state index is 13.2. The van der Waals surface area contributed by atoms with Crippen LogP contribution in [0.25, 0.3) is 5.65 Å². The van der Waals surface area contributed by atoms with Crippen molar-refractivity contribution in [2.45, 2.75) is 66.3 Å². The number of aromatic nitrogens is 3. The number of fused-ring (bicyclic) bond motifs is 3. The van der Waals surface area contributed by atoms with Gasteiger partial charge in [-0.25, -0.2) is 9.50 Å². The van der Waals surface area contributed by atoms with Crippen molar-refractivity contribution in [3.63, 3.8) is 0 Å². The predicted octanol–water partition coefficient (Wildman–Crippen LogP) is 3.18. The van der Waals surface area contributed by atoms with Crippen LogP contribution in [0.15, 0.2) is 23.8 Å². The fourth-order valence-corrected chi connectivity index (χ4v) is 3.81. The number of hydrogen-bond donors (Lipinski definition) is 0. The van der Waals surface area contributed by atoms with Crippen LogP contribution in [0.4, 0.5) is 0 Å². The Morgan fingerprint density at radius 1 is 1.26 bits per heavy atom. The first-order valence-corrected chi connectivity index (χ1v) is 9.52. The van der Waals surface area contributed by atoms with Crippen LogP contribution in [-0.4, -0.2) is 37.6 Å². The molecule has 6 heteroatoms. The van der Waals surface area contributed by atoms with Crippen molar-refractivity contribution in [2.24, 2.45) is 0 Å². The lowest BCUT2D eigenvalue weighted by Crippen LogP contribution is -2.34. The molecular formula is C21H26N4O2. The molecule has 2 aliphatic rings. The molecule has 3 heterocycles. The summed E-state index contributed by atoms with van der Waals surface area (Å²) in [6.45, 7) is 11.2. The highest BCUT2D eigenvalue weighted by molar-refractivity contribution is 5.95. The number of rotatable bonds is 3. The lowest BCUT2D eigenvalue weighted by Gasteiger charge is -2.26. The van der Waals surface area contributed by atoms with E-state index >= 15 is 0 Å². The normalized spacial score (nSPS) is 19.1. The van der Waals surface area contributed by atoms with E-state index in [4.69, 9.17) is 14.8 Å². The van der Waals surface area contributed by atoms with Crippen molar-refractivity contribution in [2.75, 3.05) is 0 Å². The molecule has 4 rings (SSSR count). The third kappa shape index (κ3) is 2.98. The number of hydrogen-bond acceptors (Lipinski definition) is 4. The molecule has 0 aromatic carbocycles. The molecule has 0 fully saturated rings. The molecule has 0 N–H and O–H groups in total. The van der Waals surface area contributed by atoms with Crippen molar-refractivity contribution >= 4 is 11.6 Å². The van der Waals surface area contributed by atoms with E-state index in [-0.39, 0.29) is 18.1 Å². The molecule has 1 aliphatic carbocycles. The van der Waals surface area contributed by atoms with Gasteiger partial charge in [0.2, 0.25) is 0 Å². The Morgan fingerprint density at radius 2 is 2.04 bits per heavy atom. The Kier molecular flexibility index (Phi) is 4.38. The van der Waals surface area contributed by atoms with Crippen molar-refractivity contribution in [1.82, 2.24) is 19.5 Å². The van der Waals surface area contributed by atoms with Crippen molar-refractivity contribution in [1.29, 1.82) is 0 Å². The smallest absolute Gasteiger partial charge is 0.253 e. The summed E-state index contributed by atoms with van der Waals surface area (Å²) in [6.07, 6.45) is 6.51. The molecule has 27 heavy (non-hydrogen) atoms. The molecule has 0 radical (unpaired) electrons. The van der Waals surface area contributed by atoms with E-state index in [0.717, 1.165) is 45.8 Å². The van der Waals surface area contributed by atoms with Gasteiger partial charge in [0, 0.05) is 22.5 Å². The number of aryl methyl sites for hydroxylation is 2. The van der Waals surface area contributed by atoms with Crippen molar-refractivity contribution < 1.29 is 9.53 Å². The standard InChI is InChI=1S/C21H26N4O2/c1-12(2)27-19-9-7-6-8-16(19)21(26)24-10-17-18(11-24)23-25-15(5)13(3)14(4)22-20(17)25/h6-8,12,19H,9-11H2,1-5H3. The fourth-order valence-electron chi connectivity index (χ4n) is 3.81. The van der Waals surface area contributed by atoms with Gasteiger partial charge in [-0.1, -0.05) is 18.2 Å². The molecule has 1 aliphatic heterocycles. The average molecular weight is 366 g/mol. The van der Waals surface area contributed by atoms with Crippen LogP contribution in [-0.2, 0) is 22.6 Å². The zero-order valence-corrected chi connectivity index (χ0v) is 16.6. The second-order valence-corrected chi connectivity index (χ2v) is 7.69. The van der Waals surface area contributed by atoms with Crippen LogP contribution in [0.1, 0.15) is 48.5 Å². The molecule has 1 atom stereocenters. The SMILES string of the molecule is Cc1nc2c3c(nn2c(C)c1C)CN(C(=O)C1=CC=CCC1OC(C)C)C3. The predicted molar refractivity (Wildman–Crippen MR) is 103 cm³/mol. The molecule has 6 nitrogen and oxygen atoms in total. The van der Waals surface area contributed by atoms with E-state index in [1.165, 1.54) is 0 Å². The summed E-state index contributed by atoms with van der Waals surface area (Å²) < 4.78 is 7.88. The van der Waals surface area contributed by atoms with E-state index in [0.29, 0.717) is 13.1 Å². The van der Waals surface area contributed by atoms with Crippen LogP contribution >= 0.6 is 0 Å². The summed E-state index contributed by atoms with van der Waals surface area (Å²) in [4.78, 5) is 19.8. The molecular weight excluding hydrogens is 340 g/mol. The zero-order valence-electron chi connectivity index (χ0n) is 16.6. The van der Waals surface area contributed by atoms with Crippen molar-refractivity contribution in [3.05, 3.63) is 52.0 Å². The maximum absolute atomic E-state index is 13.2. The summed E-state index contributed by atoms with van der Waals surface area (Å²) in [6, 6.07) is 0. The summed E-state index contributed by atoms with van der Waals surface area (Å²) in [5.41, 5.74) is 6.87. The number of carbonyl (C=O) groups is 1. The van der Waals surface area contributed by atoms with Gasteiger partial charge < -0.3 is 9.64 Å². The van der Waals surface area contributed by atoms with Gasteiger partial charge in [-0.2, -0.15) is 5.10 Å². The first kappa shape index (κ1) is 17.9. The van der Waals surface area contributed by atoms with Gasteiger partial charge in [0.05, 0.1) is 31.0 Å². The number of nitrogens with zero attached hydrogens (tertiary/aromatic N) is 4. The molecule has 142 valence electrons. The lowest BCUT2D eigenvalue weighted by atomic mass is 10.00. The molecule has 2 aromatic rings. The van der Waals surface area contributed by atoms with E-state index in [1.54, 1.807) is 0 Å². The van der Waals surface area contributed by atoms with E-state index in [9.17, 15) is 4.79 Å². The highest BCUT2D eigenvalue weighted by Crippen LogP contribution is 2.30. The Bertz CT molecular complexity index is 984. The quantitative estimate of drug-likeness (QED) is 0.837. The minimum absolute atomic E-state index is 0.0294. The lowest BCUT2D eigenvalue weighted by molar-refractivity contribution is -0.129. The highest BCUT2D eigenvalue weighted by atomic mass is 16.5. The summed E-state index contributed by atoms with van der Waals surface area (Å²) in [7, 11) is 0. The molecule has 0 bridgehead atoms. The van der Waals surface area contributed by atoms with Gasteiger partial charge in [-0.3, -0.25) is 4.79 Å². The Morgan fingerprint density at radius 3 is 2.78 bits per heavy atom. The summed E-state index contributed by atoms with van der Waals surface area (Å²) in [5.74, 6) is 0.0294.